The number of hydrogen-bond donors (Lipinski definition) is 1. The van der Waals surface area contributed by atoms with Crippen molar-refractivity contribution in [2.45, 2.75) is 44.6 Å². The van der Waals surface area contributed by atoms with E-state index in [4.69, 9.17) is 9.88 Å². The number of ether oxygens (including phenoxy) is 1. The maximum atomic E-state index is 12.1. The lowest BCUT2D eigenvalue weighted by molar-refractivity contribution is -0.149. The van der Waals surface area contributed by atoms with Crippen molar-refractivity contribution in [1.29, 1.82) is 0 Å². The Kier molecular flexibility index (Phi) is 6.56. The van der Waals surface area contributed by atoms with Gasteiger partial charge in [0.1, 0.15) is 6.04 Å². The molecule has 2 rings (SSSR count). The first kappa shape index (κ1) is 17.9. The van der Waals surface area contributed by atoms with Gasteiger partial charge < -0.3 is 4.74 Å². The normalized spacial score (nSPS) is 19.4. The molecule has 6 nitrogen and oxygen atoms in total. The van der Waals surface area contributed by atoms with Crippen molar-refractivity contribution in [3.8, 4) is 0 Å². The predicted molar refractivity (Wildman–Crippen MR) is 87.8 cm³/mol. The molecule has 0 bridgehead atoms. The first-order valence-electron chi connectivity index (χ1n) is 7.98. The highest BCUT2D eigenvalue weighted by atomic mass is 32.2. The van der Waals surface area contributed by atoms with Gasteiger partial charge in [0.25, 0.3) is 10.2 Å². The van der Waals surface area contributed by atoms with Crippen LogP contribution in [0, 0.1) is 0 Å². The molecule has 1 saturated heterocycles. The lowest BCUT2D eigenvalue weighted by Crippen LogP contribution is -2.51. The second-order valence-electron chi connectivity index (χ2n) is 5.78. The van der Waals surface area contributed by atoms with E-state index in [0.717, 1.165) is 36.4 Å². The summed E-state index contributed by atoms with van der Waals surface area (Å²) >= 11 is 0. The molecule has 0 aliphatic carbocycles. The molecule has 0 amide bonds. The zero-order valence-corrected chi connectivity index (χ0v) is 14.0. The lowest BCUT2D eigenvalue weighted by Gasteiger charge is -2.31. The number of unbranched alkanes of at least 4 members (excludes halogenated alkanes) is 1. The number of carbonyl (C=O) groups is 1. The Morgan fingerprint density at radius 3 is 2.65 bits per heavy atom. The fourth-order valence-electron chi connectivity index (χ4n) is 2.79. The number of carbonyl (C=O) groups excluding carboxylic acids is 1. The van der Waals surface area contributed by atoms with E-state index >= 15 is 0 Å². The molecule has 128 valence electrons. The zero-order valence-electron chi connectivity index (χ0n) is 13.2. The number of benzene rings is 1. The van der Waals surface area contributed by atoms with Crippen molar-refractivity contribution in [3.05, 3.63) is 35.9 Å². The van der Waals surface area contributed by atoms with Crippen LogP contribution in [0.1, 0.15) is 37.7 Å². The highest BCUT2D eigenvalue weighted by Crippen LogP contribution is 2.20. The molecular formula is C16H24N2O4S. The summed E-state index contributed by atoms with van der Waals surface area (Å²) in [6.07, 6.45) is 4.60. The molecule has 1 fully saturated rings. The molecule has 0 saturated carbocycles. The third-order valence-electron chi connectivity index (χ3n) is 4.00. The van der Waals surface area contributed by atoms with E-state index in [1.807, 2.05) is 18.2 Å². The molecule has 2 N–H and O–H groups in total. The fraction of sp³-hybridized carbons (Fsp3) is 0.562. The summed E-state index contributed by atoms with van der Waals surface area (Å²) in [6.45, 7) is 0.591. The average Bonchev–Trinajstić information content (AvgIpc) is 2.54. The van der Waals surface area contributed by atoms with Gasteiger partial charge >= 0.3 is 5.97 Å². The predicted octanol–water partition coefficient (Wildman–Crippen LogP) is 1.61. The lowest BCUT2D eigenvalue weighted by atomic mass is 10.1. The zero-order chi connectivity index (χ0) is 16.7. The summed E-state index contributed by atoms with van der Waals surface area (Å²) in [6, 6.07) is 9.34. The van der Waals surface area contributed by atoms with Gasteiger partial charge in [0.15, 0.2) is 0 Å². The number of nitrogens with zero attached hydrogens (tertiary/aromatic N) is 1. The van der Waals surface area contributed by atoms with Gasteiger partial charge in [-0.3, -0.25) is 4.79 Å². The standard InChI is InChI=1S/C16H24N2O4S/c17-23(20,21)18-12-6-4-11-15(18)16(19)22-13-7-5-10-14-8-2-1-3-9-14/h1-3,8-9,15H,4-7,10-13H2,(H2,17,20,21)/t15-/m1/s1. The van der Waals surface area contributed by atoms with Crippen molar-refractivity contribution in [2.75, 3.05) is 13.2 Å². The molecule has 1 aromatic carbocycles. The fourth-order valence-corrected chi connectivity index (χ4v) is 3.72. The Morgan fingerprint density at radius 2 is 1.96 bits per heavy atom. The van der Waals surface area contributed by atoms with Gasteiger partial charge in [0, 0.05) is 6.54 Å². The average molecular weight is 340 g/mol. The summed E-state index contributed by atoms with van der Waals surface area (Å²) in [4.78, 5) is 12.1. The molecule has 0 unspecified atom stereocenters. The summed E-state index contributed by atoms with van der Waals surface area (Å²) in [5.41, 5.74) is 1.26. The summed E-state index contributed by atoms with van der Waals surface area (Å²) < 4.78 is 29.4. The van der Waals surface area contributed by atoms with E-state index < -0.39 is 22.2 Å². The van der Waals surface area contributed by atoms with Crippen LogP contribution >= 0.6 is 0 Å². The maximum absolute atomic E-state index is 12.1. The number of piperidine rings is 1. The molecular weight excluding hydrogens is 316 g/mol. The Bertz CT molecular complexity index is 604. The molecule has 23 heavy (non-hydrogen) atoms. The van der Waals surface area contributed by atoms with Crippen molar-refractivity contribution in [2.24, 2.45) is 5.14 Å². The molecule has 1 atom stereocenters. The third kappa shape index (κ3) is 5.60. The van der Waals surface area contributed by atoms with E-state index in [9.17, 15) is 13.2 Å². The maximum Gasteiger partial charge on any atom is 0.324 e. The van der Waals surface area contributed by atoms with Crippen LogP contribution in [-0.4, -0.2) is 37.9 Å². The molecule has 1 aliphatic heterocycles. The van der Waals surface area contributed by atoms with Gasteiger partial charge in [-0.15, -0.1) is 0 Å². The SMILES string of the molecule is NS(=O)(=O)N1CCCC[C@@H]1C(=O)OCCCCc1ccccc1. The molecule has 0 aromatic heterocycles. The van der Waals surface area contributed by atoms with E-state index in [-0.39, 0.29) is 6.54 Å². The second-order valence-corrected chi connectivity index (χ2v) is 7.28. The van der Waals surface area contributed by atoms with E-state index in [2.05, 4.69) is 12.1 Å². The van der Waals surface area contributed by atoms with Crippen LogP contribution in [0.5, 0.6) is 0 Å². The summed E-state index contributed by atoms with van der Waals surface area (Å²) in [5.74, 6) is -0.488. The van der Waals surface area contributed by atoms with E-state index in [1.54, 1.807) is 0 Å². The Labute approximate surface area is 137 Å². The van der Waals surface area contributed by atoms with Crippen LogP contribution in [0.15, 0.2) is 30.3 Å². The number of rotatable bonds is 7. The quantitative estimate of drug-likeness (QED) is 0.603. The summed E-state index contributed by atoms with van der Waals surface area (Å²) in [5, 5.41) is 5.17. The minimum Gasteiger partial charge on any atom is -0.464 e. The Balaban J connectivity index is 1.73. The largest absolute Gasteiger partial charge is 0.464 e. The molecule has 1 aromatic rings. The Morgan fingerprint density at radius 1 is 1.22 bits per heavy atom. The van der Waals surface area contributed by atoms with Crippen molar-refractivity contribution < 1.29 is 17.9 Å². The van der Waals surface area contributed by atoms with Crippen LogP contribution in [0.2, 0.25) is 0 Å². The number of nitrogens with two attached hydrogens (primary N) is 1. The molecule has 7 heteroatoms. The molecule has 0 radical (unpaired) electrons. The number of esters is 1. The first-order chi connectivity index (χ1) is 11.0. The molecule has 0 spiro atoms. The first-order valence-corrected chi connectivity index (χ1v) is 9.49. The molecule has 1 heterocycles. The highest BCUT2D eigenvalue weighted by molar-refractivity contribution is 7.86. The van der Waals surface area contributed by atoms with Gasteiger partial charge in [-0.25, -0.2) is 5.14 Å². The Hall–Kier alpha value is -1.44. The highest BCUT2D eigenvalue weighted by Gasteiger charge is 2.35. The smallest absolute Gasteiger partial charge is 0.324 e. The van der Waals surface area contributed by atoms with Crippen molar-refractivity contribution in [1.82, 2.24) is 4.31 Å². The van der Waals surface area contributed by atoms with Crippen molar-refractivity contribution in [3.63, 3.8) is 0 Å². The van der Waals surface area contributed by atoms with Crippen LogP contribution in [0.25, 0.3) is 0 Å². The van der Waals surface area contributed by atoms with Gasteiger partial charge in [-0.1, -0.05) is 30.3 Å². The minimum atomic E-state index is -3.86. The van der Waals surface area contributed by atoms with Crippen LogP contribution < -0.4 is 5.14 Å². The van der Waals surface area contributed by atoms with Crippen LogP contribution in [0.4, 0.5) is 0 Å². The van der Waals surface area contributed by atoms with Crippen LogP contribution in [0.3, 0.4) is 0 Å². The number of aryl methyl sites for hydroxylation is 1. The van der Waals surface area contributed by atoms with E-state index in [1.165, 1.54) is 5.56 Å². The van der Waals surface area contributed by atoms with Gasteiger partial charge in [-0.2, -0.15) is 12.7 Å². The van der Waals surface area contributed by atoms with Crippen molar-refractivity contribution >= 4 is 16.2 Å². The van der Waals surface area contributed by atoms with E-state index in [0.29, 0.717) is 13.0 Å². The molecule has 1 aliphatic rings. The van der Waals surface area contributed by atoms with Gasteiger partial charge in [0.05, 0.1) is 6.61 Å². The number of hydrogen-bond acceptors (Lipinski definition) is 4. The minimum absolute atomic E-state index is 0.284. The second kappa shape index (κ2) is 8.42. The van der Waals surface area contributed by atoms with Gasteiger partial charge in [0.2, 0.25) is 0 Å². The van der Waals surface area contributed by atoms with Gasteiger partial charge in [-0.05, 0) is 44.1 Å². The topological polar surface area (TPSA) is 89.7 Å². The third-order valence-corrected chi connectivity index (χ3v) is 5.09. The monoisotopic (exact) mass is 340 g/mol. The van der Waals surface area contributed by atoms with Crippen LogP contribution in [-0.2, 0) is 26.2 Å². The summed E-state index contributed by atoms with van der Waals surface area (Å²) in [7, 11) is -3.86.